The molecule has 0 spiro atoms. The van der Waals surface area contributed by atoms with Gasteiger partial charge in [-0.3, -0.25) is 9.59 Å². The van der Waals surface area contributed by atoms with Crippen molar-refractivity contribution < 1.29 is 23.8 Å². The first-order valence-corrected chi connectivity index (χ1v) is 8.77. The van der Waals surface area contributed by atoms with Crippen LogP contribution in [0.25, 0.3) is 0 Å². The quantitative estimate of drug-likeness (QED) is 0.755. The molecule has 0 aliphatic rings. The third kappa shape index (κ3) is 5.39. The van der Waals surface area contributed by atoms with E-state index < -0.39 is 0 Å². The Morgan fingerprint density at radius 2 is 1.54 bits per heavy atom. The van der Waals surface area contributed by atoms with Gasteiger partial charge in [-0.15, -0.1) is 0 Å². The zero-order valence-electron chi connectivity index (χ0n) is 16.9. The number of carbonyl (C=O) groups excluding carboxylic acids is 2. The molecule has 2 amide bonds. The lowest BCUT2D eigenvalue weighted by Gasteiger charge is -2.18. The molecule has 0 atom stereocenters. The number of anilines is 1. The molecule has 0 fully saturated rings. The van der Waals surface area contributed by atoms with Gasteiger partial charge in [0.2, 0.25) is 17.6 Å². The van der Waals surface area contributed by atoms with Crippen LogP contribution in [0.1, 0.15) is 11.1 Å². The maximum Gasteiger partial charge on any atom is 0.243 e. The number of likely N-dealkylation sites (N-methyl/N-ethyl adjacent to an activating group) is 1. The maximum atomic E-state index is 12.5. The predicted octanol–water partition coefficient (Wildman–Crippen LogP) is 2.66. The van der Waals surface area contributed by atoms with Gasteiger partial charge in [0, 0.05) is 12.7 Å². The molecule has 2 aromatic carbocycles. The van der Waals surface area contributed by atoms with Crippen LogP contribution in [0.5, 0.6) is 17.2 Å². The highest BCUT2D eigenvalue weighted by Gasteiger charge is 2.18. The second-order valence-corrected chi connectivity index (χ2v) is 6.37. The fourth-order valence-electron chi connectivity index (χ4n) is 2.69. The number of nitrogens with one attached hydrogen (secondary N) is 1. The van der Waals surface area contributed by atoms with E-state index >= 15 is 0 Å². The van der Waals surface area contributed by atoms with Crippen molar-refractivity contribution in [1.82, 2.24) is 4.90 Å². The third-order valence-electron chi connectivity index (χ3n) is 4.22. The first-order valence-electron chi connectivity index (χ1n) is 8.77. The lowest BCUT2D eigenvalue weighted by Crippen LogP contribution is -2.35. The number of methoxy groups -OCH3 is 3. The van der Waals surface area contributed by atoms with E-state index in [-0.39, 0.29) is 24.8 Å². The van der Waals surface area contributed by atoms with E-state index in [9.17, 15) is 9.59 Å². The number of aryl methyl sites for hydroxylation is 1. The smallest absolute Gasteiger partial charge is 0.243 e. The number of carbonyl (C=O) groups is 2. The molecule has 0 aliphatic heterocycles. The fraction of sp³-hybridized carbons (Fsp3) is 0.333. The lowest BCUT2D eigenvalue weighted by atomic mass is 10.1. The van der Waals surface area contributed by atoms with Crippen molar-refractivity contribution in [3.8, 4) is 17.2 Å². The molecule has 7 nitrogen and oxygen atoms in total. The average molecular weight is 386 g/mol. The van der Waals surface area contributed by atoms with Crippen LogP contribution >= 0.6 is 0 Å². The molecule has 0 saturated heterocycles. The Morgan fingerprint density at radius 1 is 0.964 bits per heavy atom. The normalized spacial score (nSPS) is 10.2. The van der Waals surface area contributed by atoms with E-state index in [1.54, 1.807) is 19.2 Å². The van der Waals surface area contributed by atoms with Gasteiger partial charge in [0.25, 0.3) is 0 Å². The Bertz CT molecular complexity index is 808. The summed E-state index contributed by atoms with van der Waals surface area (Å²) in [5.74, 6) is 0.957. The van der Waals surface area contributed by atoms with Crippen LogP contribution in [-0.2, 0) is 16.0 Å². The molecule has 28 heavy (non-hydrogen) atoms. The molecule has 150 valence electrons. The molecule has 0 heterocycles. The molecule has 0 aliphatic carbocycles. The summed E-state index contributed by atoms with van der Waals surface area (Å²) in [5.41, 5.74) is 2.50. The van der Waals surface area contributed by atoms with Gasteiger partial charge < -0.3 is 24.4 Å². The summed E-state index contributed by atoms with van der Waals surface area (Å²) in [6.45, 7) is 1.93. The second kappa shape index (κ2) is 9.64. The standard InChI is InChI=1S/C21H26N2O5/c1-14-6-8-16(9-7-14)22-19(24)13-23(2)20(25)12-15-10-17(26-3)21(28-5)18(11-15)27-4/h6-11H,12-13H2,1-5H3,(H,22,24). The van der Waals surface area contributed by atoms with Crippen molar-refractivity contribution in [3.05, 3.63) is 47.5 Å². The number of benzene rings is 2. The second-order valence-electron chi connectivity index (χ2n) is 6.37. The highest BCUT2D eigenvalue weighted by molar-refractivity contribution is 5.94. The first-order chi connectivity index (χ1) is 13.4. The van der Waals surface area contributed by atoms with Crippen molar-refractivity contribution in [1.29, 1.82) is 0 Å². The summed E-state index contributed by atoms with van der Waals surface area (Å²) < 4.78 is 15.9. The minimum absolute atomic E-state index is 0.0445. The summed E-state index contributed by atoms with van der Waals surface area (Å²) in [4.78, 5) is 26.1. The van der Waals surface area contributed by atoms with Crippen molar-refractivity contribution in [2.45, 2.75) is 13.3 Å². The van der Waals surface area contributed by atoms with E-state index in [2.05, 4.69) is 5.32 Å². The molecule has 2 rings (SSSR count). The number of hydrogen-bond acceptors (Lipinski definition) is 5. The first kappa shape index (κ1) is 21.1. The van der Waals surface area contributed by atoms with Crippen LogP contribution in [0.4, 0.5) is 5.69 Å². The molecule has 7 heteroatoms. The van der Waals surface area contributed by atoms with Crippen LogP contribution in [-0.4, -0.2) is 51.6 Å². The number of amides is 2. The predicted molar refractivity (Wildman–Crippen MR) is 107 cm³/mol. The number of ether oxygens (including phenoxy) is 3. The van der Waals surface area contributed by atoms with Crippen LogP contribution in [0.3, 0.4) is 0 Å². The van der Waals surface area contributed by atoms with Gasteiger partial charge in [-0.25, -0.2) is 0 Å². The third-order valence-corrected chi connectivity index (χ3v) is 4.22. The van der Waals surface area contributed by atoms with Gasteiger partial charge in [0.05, 0.1) is 34.3 Å². The van der Waals surface area contributed by atoms with Crippen LogP contribution < -0.4 is 19.5 Å². The molecular weight excluding hydrogens is 360 g/mol. The van der Waals surface area contributed by atoms with Crippen molar-refractivity contribution in [3.63, 3.8) is 0 Å². The summed E-state index contributed by atoms with van der Waals surface area (Å²) in [5, 5.41) is 2.78. The Hall–Kier alpha value is -3.22. The highest BCUT2D eigenvalue weighted by atomic mass is 16.5. The molecule has 2 aromatic rings. The maximum absolute atomic E-state index is 12.5. The van der Waals surface area contributed by atoms with Gasteiger partial charge in [-0.1, -0.05) is 17.7 Å². The SMILES string of the molecule is COc1cc(CC(=O)N(C)CC(=O)Nc2ccc(C)cc2)cc(OC)c1OC. The number of hydrogen-bond donors (Lipinski definition) is 1. The minimum atomic E-state index is -0.260. The van der Waals surface area contributed by atoms with Gasteiger partial charge in [-0.2, -0.15) is 0 Å². The zero-order valence-corrected chi connectivity index (χ0v) is 16.9. The molecule has 0 saturated carbocycles. The fourth-order valence-corrected chi connectivity index (χ4v) is 2.69. The summed E-state index contributed by atoms with van der Waals surface area (Å²) >= 11 is 0. The summed E-state index contributed by atoms with van der Waals surface area (Å²) in [6.07, 6.45) is 0.102. The van der Waals surface area contributed by atoms with Crippen molar-refractivity contribution >= 4 is 17.5 Å². The minimum Gasteiger partial charge on any atom is -0.493 e. The van der Waals surface area contributed by atoms with E-state index in [0.29, 0.717) is 28.5 Å². The van der Waals surface area contributed by atoms with Crippen molar-refractivity contribution in [2.24, 2.45) is 0 Å². The molecule has 0 aromatic heterocycles. The molecule has 0 unspecified atom stereocenters. The lowest BCUT2D eigenvalue weighted by molar-refractivity contribution is -0.132. The Labute approximate surface area is 165 Å². The van der Waals surface area contributed by atoms with Gasteiger partial charge >= 0.3 is 0 Å². The Balaban J connectivity index is 2.01. The monoisotopic (exact) mass is 386 g/mol. The number of rotatable bonds is 8. The largest absolute Gasteiger partial charge is 0.493 e. The Kier molecular flexibility index (Phi) is 7.26. The topological polar surface area (TPSA) is 77.1 Å². The summed E-state index contributed by atoms with van der Waals surface area (Å²) in [7, 11) is 6.15. The van der Waals surface area contributed by atoms with E-state index in [0.717, 1.165) is 5.56 Å². The van der Waals surface area contributed by atoms with Crippen LogP contribution in [0.2, 0.25) is 0 Å². The zero-order chi connectivity index (χ0) is 20.7. The molecular formula is C21H26N2O5. The van der Waals surface area contributed by atoms with Gasteiger partial charge in [0.15, 0.2) is 11.5 Å². The Morgan fingerprint density at radius 3 is 2.04 bits per heavy atom. The van der Waals surface area contributed by atoms with Crippen LogP contribution in [0.15, 0.2) is 36.4 Å². The summed E-state index contributed by atoms with van der Waals surface area (Å²) in [6, 6.07) is 10.9. The van der Waals surface area contributed by atoms with E-state index in [1.807, 2.05) is 31.2 Å². The van der Waals surface area contributed by atoms with Crippen LogP contribution in [0, 0.1) is 6.92 Å². The van der Waals surface area contributed by atoms with Gasteiger partial charge in [0.1, 0.15) is 0 Å². The molecule has 0 radical (unpaired) electrons. The average Bonchev–Trinajstić information content (AvgIpc) is 2.68. The van der Waals surface area contributed by atoms with Gasteiger partial charge in [-0.05, 0) is 36.8 Å². The number of nitrogens with zero attached hydrogens (tertiary/aromatic N) is 1. The van der Waals surface area contributed by atoms with E-state index in [4.69, 9.17) is 14.2 Å². The molecule has 1 N–H and O–H groups in total. The molecule has 0 bridgehead atoms. The highest BCUT2D eigenvalue weighted by Crippen LogP contribution is 2.38. The van der Waals surface area contributed by atoms with E-state index in [1.165, 1.54) is 26.2 Å². The van der Waals surface area contributed by atoms with Crippen molar-refractivity contribution in [2.75, 3.05) is 40.2 Å².